The van der Waals surface area contributed by atoms with Crippen molar-refractivity contribution in [2.75, 3.05) is 6.61 Å². The molecule has 6 nitrogen and oxygen atoms in total. The Hall–Kier alpha value is -3.84. The first kappa shape index (κ1) is 22.9. The number of hydrogen-bond acceptors (Lipinski definition) is 6. The molecule has 5 rings (SSSR count). The van der Waals surface area contributed by atoms with E-state index in [1.165, 1.54) is 6.92 Å². The van der Waals surface area contributed by atoms with Crippen LogP contribution in [0.1, 0.15) is 71.9 Å². The number of hydrogen-bond donors (Lipinski definition) is 1. The highest BCUT2D eigenvalue weighted by Gasteiger charge is 2.28. The third-order valence-electron chi connectivity index (χ3n) is 6.41. The van der Waals surface area contributed by atoms with Gasteiger partial charge in [0.15, 0.2) is 12.4 Å². The fourth-order valence-electron chi connectivity index (χ4n) is 4.89. The number of ether oxygens (including phenoxy) is 1. The van der Waals surface area contributed by atoms with Crippen molar-refractivity contribution in [1.82, 2.24) is 9.97 Å². The number of allylic oxidation sites excluding steroid dienone is 1. The number of pyridine rings is 1. The third-order valence-corrected chi connectivity index (χ3v) is 7.23. The maximum absolute atomic E-state index is 13.4. The Bertz CT molecular complexity index is 1530. The molecular weight excluding hydrogens is 460 g/mol. The zero-order valence-corrected chi connectivity index (χ0v) is 20.5. The van der Waals surface area contributed by atoms with E-state index >= 15 is 0 Å². The molecule has 0 spiro atoms. The van der Waals surface area contributed by atoms with Crippen LogP contribution in [0.4, 0.5) is 0 Å². The number of benzene rings is 1. The van der Waals surface area contributed by atoms with Gasteiger partial charge in [0, 0.05) is 21.5 Å². The molecule has 3 heterocycles. The first-order valence-electron chi connectivity index (χ1n) is 11.4. The van der Waals surface area contributed by atoms with Crippen LogP contribution in [0.15, 0.2) is 41.8 Å². The summed E-state index contributed by atoms with van der Waals surface area (Å²) in [5, 5.41) is 2.75. The van der Waals surface area contributed by atoms with Gasteiger partial charge in [-0.25, -0.2) is 9.78 Å². The number of aromatic amines is 1. The number of aromatic nitrogens is 2. The summed E-state index contributed by atoms with van der Waals surface area (Å²) < 4.78 is 5.54. The number of fused-ring (bicyclic) bond motifs is 2. The minimum Gasteiger partial charge on any atom is -0.454 e. The fraction of sp³-hybridized carbons (Fsp3) is 0.214. The lowest BCUT2D eigenvalue weighted by Crippen LogP contribution is -2.17. The SMILES string of the molecule is CC(=O)c1c(C)[nH]c(C(=O)COC(=O)c2c3c(nc4ccccc24)C(=Cc2cccs2)CC3)c1C. The summed E-state index contributed by atoms with van der Waals surface area (Å²) in [5.41, 5.74) is 5.96. The predicted molar refractivity (Wildman–Crippen MR) is 137 cm³/mol. The van der Waals surface area contributed by atoms with Gasteiger partial charge in [-0.2, -0.15) is 0 Å². The van der Waals surface area contributed by atoms with Crippen molar-refractivity contribution in [1.29, 1.82) is 0 Å². The van der Waals surface area contributed by atoms with Gasteiger partial charge in [-0.3, -0.25) is 9.59 Å². The van der Waals surface area contributed by atoms with E-state index in [1.54, 1.807) is 25.2 Å². The van der Waals surface area contributed by atoms with E-state index in [4.69, 9.17) is 9.72 Å². The number of nitrogens with zero attached hydrogens (tertiary/aromatic N) is 1. The van der Waals surface area contributed by atoms with Crippen LogP contribution in [0.3, 0.4) is 0 Å². The average molecular weight is 485 g/mol. The molecule has 0 saturated carbocycles. The van der Waals surface area contributed by atoms with Gasteiger partial charge in [-0.15, -0.1) is 11.3 Å². The van der Waals surface area contributed by atoms with Crippen molar-refractivity contribution in [2.24, 2.45) is 0 Å². The monoisotopic (exact) mass is 484 g/mol. The van der Waals surface area contributed by atoms with Crippen molar-refractivity contribution in [2.45, 2.75) is 33.6 Å². The number of H-pyrrole nitrogens is 1. The average Bonchev–Trinajstić information content (AvgIpc) is 3.56. The molecule has 3 aromatic heterocycles. The lowest BCUT2D eigenvalue weighted by Gasteiger charge is -2.12. The largest absolute Gasteiger partial charge is 0.454 e. The summed E-state index contributed by atoms with van der Waals surface area (Å²) in [5.74, 6) is -1.03. The van der Waals surface area contributed by atoms with Gasteiger partial charge >= 0.3 is 5.97 Å². The zero-order chi connectivity index (χ0) is 24.7. The van der Waals surface area contributed by atoms with E-state index in [9.17, 15) is 14.4 Å². The van der Waals surface area contributed by atoms with Crippen LogP contribution in [0, 0.1) is 13.8 Å². The number of carbonyl (C=O) groups excluding carboxylic acids is 3. The van der Waals surface area contributed by atoms with E-state index in [0.717, 1.165) is 28.1 Å². The molecular formula is C28H24N2O4S. The van der Waals surface area contributed by atoms with Crippen LogP contribution in [0.25, 0.3) is 22.6 Å². The molecule has 4 aromatic rings. The van der Waals surface area contributed by atoms with E-state index in [1.807, 2.05) is 35.7 Å². The molecule has 1 aliphatic carbocycles. The molecule has 0 unspecified atom stereocenters. The number of nitrogens with one attached hydrogen (secondary N) is 1. The number of thiophene rings is 1. The van der Waals surface area contributed by atoms with E-state index in [0.29, 0.717) is 45.4 Å². The minimum atomic E-state index is -0.543. The number of ketones is 2. The van der Waals surface area contributed by atoms with Crippen molar-refractivity contribution in [3.8, 4) is 0 Å². The standard InChI is InChI=1S/C28H24N2O4S/c1-15-24(17(3)31)16(2)29-26(15)23(32)14-34-28(33)25-20-8-4-5-9-22(20)30-27-18(10-11-21(25)27)13-19-7-6-12-35-19/h4-9,12-13,29H,10-11,14H2,1-3H3. The van der Waals surface area contributed by atoms with E-state index in [-0.39, 0.29) is 11.6 Å². The molecule has 35 heavy (non-hydrogen) atoms. The van der Waals surface area contributed by atoms with Crippen molar-refractivity contribution in [3.05, 3.63) is 86.0 Å². The molecule has 1 aromatic carbocycles. The number of carbonyl (C=O) groups is 3. The molecule has 0 bridgehead atoms. The predicted octanol–water partition coefficient (Wildman–Crippen LogP) is 5.97. The molecule has 1 aliphatic rings. The first-order valence-corrected chi connectivity index (χ1v) is 12.3. The number of rotatable bonds is 6. The van der Waals surface area contributed by atoms with Gasteiger partial charge in [-0.1, -0.05) is 24.3 Å². The first-order chi connectivity index (χ1) is 16.8. The number of esters is 1. The maximum Gasteiger partial charge on any atom is 0.339 e. The third kappa shape index (κ3) is 4.12. The van der Waals surface area contributed by atoms with Crippen LogP contribution >= 0.6 is 11.3 Å². The fourth-order valence-corrected chi connectivity index (χ4v) is 5.57. The normalized spacial score (nSPS) is 13.9. The Morgan fingerprint density at radius 2 is 1.89 bits per heavy atom. The summed E-state index contributed by atoms with van der Waals surface area (Å²) in [4.78, 5) is 47.1. The molecule has 0 saturated heterocycles. The van der Waals surface area contributed by atoms with Crippen LogP contribution in [0.2, 0.25) is 0 Å². The molecule has 0 fully saturated rings. The molecule has 7 heteroatoms. The summed E-state index contributed by atoms with van der Waals surface area (Å²) >= 11 is 1.66. The van der Waals surface area contributed by atoms with Crippen molar-refractivity contribution in [3.63, 3.8) is 0 Å². The Kier molecular flexibility index (Phi) is 5.94. The highest BCUT2D eigenvalue weighted by atomic mass is 32.1. The highest BCUT2D eigenvalue weighted by molar-refractivity contribution is 7.10. The second kappa shape index (κ2) is 9.07. The van der Waals surface area contributed by atoms with Crippen LogP contribution in [-0.2, 0) is 11.2 Å². The molecule has 0 amide bonds. The summed E-state index contributed by atoms with van der Waals surface area (Å²) in [6, 6.07) is 11.6. The molecule has 0 aliphatic heterocycles. The van der Waals surface area contributed by atoms with E-state index < -0.39 is 12.6 Å². The summed E-state index contributed by atoms with van der Waals surface area (Å²) in [6.45, 7) is 4.52. The van der Waals surface area contributed by atoms with Gasteiger partial charge in [0.2, 0.25) is 5.78 Å². The van der Waals surface area contributed by atoms with E-state index in [2.05, 4.69) is 17.1 Å². The van der Waals surface area contributed by atoms with Crippen LogP contribution in [0.5, 0.6) is 0 Å². The summed E-state index contributed by atoms with van der Waals surface area (Å²) in [7, 11) is 0. The Balaban J connectivity index is 1.47. The summed E-state index contributed by atoms with van der Waals surface area (Å²) in [6.07, 6.45) is 3.59. The number of Topliss-reactive ketones (excluding diaryl/α,β-unsaturated/α-hetero) is 2. The smallest absolute Gasteiger partial charge is 0.339 e. The van der Waals surface area contributed by atoms with Gasteiger partial charge in [-0.05, 0) is 73.9 Å². The Morgan fingerprint density at radius 1 is 1.09 bits per heavy atom. The second-order valence-electron chi connectivity index (χ2n) is 8.70. The molecule has 0 atom stereocenters. The van der Waals surface area contributed by atoms with Gasteiger partial charge in [0.05, 0.1) is 22.5 Å². The number of para-hydroxylation sites is 1. The molecule has 176 valence electrons. The highest BCUT2D eigenvalue weighted by Crippen LogP contribution is 2.38. The Morgan fingerprint density at radius 3 is 2.60 bits per heavy atom. The van der Waals surface area contributed by atoms with Crippen molar-refractivity contribution < 1.29 is 19.1 Å². The maximum atomic E-state index is 13.4. The van der Waals surface area contributed by atoms with Crippen LogP contribution in [-0.4, -0.2) is 34.1 Å². The van der Waals surface area contributed by atoms with Crippen molar-refractivity contribution >= 4 is 51.4 Å². The lowest BCUT2D eigenvalue weighted by molar-refractivity contribution is 0.0474. The minimum absolute atomic E-state index is 0.113. The topological polar surface area (TPSA) is 89.1 Å². The Labute approximate surface area is 206 Å². The quantitative estimate of drug-likeness (QED) is 0.269. The van der Waals surface area contributed by atoms with Gasteiger partial charge < -0.3 is 9.72 Å². The molecule has 0 radical (unpaired) electrons. The lowest BCUT2D eigenvalue weighted by atomic mass is 10.0. The molecule has 1 N–H and O–H groups in total. The van der Waals surface area contributed by atoms with Gasteiger partial charge in [0.1, 0.15) is 0 Å². The zero-order valence-electron chi connectivity index (χ0n) is 19.7. The van der Waals surface area contributed by atoms with Gasteiger partial charge in [0.25, 0.3) is 0 Å². The second-order valence-corrected chi connectivity index (χ2v) is 9.68. The number of aryl methyl sites for hydroxylation is 1. The van der Waals surface area contributed by atoms with Crippen LogP contribution < -0.4 is 0 Å².